The summed E-state index contributed by atoms with van der Waals surface area (Å²) in [4.78, 5) is 11.6. The first-order valence-electron chi connectivity index (χ1n) is 8.69. The van der Waals surface area contributed by atoms with Gasteiger partial charge in [0.1, 0.15) is 11.5 Å². The fourth-order valence-corrected chi connectivity index (χ4v) is 3.06. The Morgan fingerprint density at radius 3 is 2.43 bits per heavy atom. The minimum atomic E-state index is -0.505. The number of nitrogens with zero attached hydrogens (tertiary/aromatic N) is 2. The lowest BCUT2D eigenvalue weighted by Gasteiger charge is -2.13. The van der Waals surface area contributed by atoms with Crippen LogP contribution in [0.25, 0.3) is 5.52 Å². The maximum atomic E-state index is 11.6. The molecule has 0 aliphatic carbocycles. The number of hydrogen-bond donors (Lipinski definition) is 3. The van der Waals surface area contributed by atoms with Crippen molar-refractivity contribution >= 4 is 28.5 Å². The molecule has 7 heteroatoms. The molecular formula is C21H19N5O2. The molecule has 2 aromatic carbocycles. The fourth-order valence-electron chi connectivity index (χ4n) is 3.06. The Balaban J connectivity index is 1.64. The van der Waals surface area contributed by atoms with Gasteiger partial charge in [0.15, 0.2) is 0 Å². The SMILES string of the molecule is Cc1c(C(N)=O)cn2ncc(N)c(Nc3ccc(Oc4ccccc4)cc3)c12. The molecule has 28 heavy (non-hydrogen) atoms. The topological polar surface area (TPSA) is 108 Å². The predicted molar refractivity (Wildman–Crippen MR) is 109 cm³/mol. The van der Waals surface area contributed by atoms with E-state index in [1.165, 1.54) is 6.20 Å². The number of aromatic nitrogens is 2. The Morgan fingerprint density at radius 1 is 1.07 bits per heavy atom. The Hall–Kier alpha value is -4.00. The number of carbonyl (C=O) groups is 1. The maximum absolute atomic E-state index is 11.6. The van der Waals surface area contributed by atoms with Crippen molar-refractivity contribution in [1.82, 2.24) is 9.61 Å². The summed E-state index contributed by atoms with van der Waals surface area (Å²) in [7, 11) is 0. The number of primary amides is 1. The van der Waals surface area contributed by atoms with Gasteiger partial charge in [-0.2, -0.15) is 5.10 Å². The van der Waals surface area contributed by atoms with Crippen LogP contribution < -0.4 is 21.5 Å². The van der Waals surface area contributed by atoms with Gasteiger partial charge < -0.3 is 21.5 Å². The maximum Gasteiger partial charge on any atom is 0.250 e. The molecule has 0 fully saturated rings. The van der Waals surface area contributed by atoms with E-state index in [0.717, 1.165) is 22.7 Å². The van der Waals surface area contributed by atoms with Crippen molar-refractivity contribution in [3.05, 3.63) is 78.1 Å². The number of nitrogens with one attached hydrogen (secondary N) is 1. The van der Waals surface area contributed by atoms with E-state index in [0.29, 0.717) is 22.5 Å². The molecule has 7 nitrogen and oxygen atoms in total. The first-order valence-corrected chi connectivity index (χ1v) is 8.69. The molecule has 0 bridgehead atoms. The highest BCUT2D eigenvalue weighted by Crippen LogP contribution is 2.32. The molecule has 0 saturated carbocycles. The van der Waals surface area contributed by atoms with Gasteiger partial charge in [0, 0.05) is 11.9 Å². The first kappa shape index (κ1) is 17.4. The van der Waals surface area contributed by atoms with Crippen LogP contribution in [-0.4, -0.2) is 15.5 Å². The average molecular weight is 373 g/mol. The van der Waals surface area contributed by atoms with Crippen LogP contribution in [0.15, 0.2) is 67.0 Å². The summed E-state index contributed by atoms with van der Waals surface area (Å²) in [6.45, 7) is 1.82. The zero-order chi connectivity index (χ0) is 19.7. The van der Waals surface area contributed by atoms with Crippen LogP contribution >= 0.6 is 0 Å². The summed E-state index contributed by atoms with van der Waals surface area (Å²) in [5.41, 5.74) is 15.4. The molecule has 0 saturated heterocycles. The van der Waals surface area contributed by atoms with Crippen LogP contribution in [0.2, 0.25) is 0 Å². The number of hydrogen-bond acceptors (Lipinski definition) is 5. The number of para-hydroxylation sites is 1. The number of aryl methyl sites for hydroxylation is 1. The summed E-state index contributed by atoms with van der Waals surface area (Å²) in [6, 6.07) is 17.1. The minimum absolute atomic E-state index is 0.410. The summed E-state index contributed by atoms with van der Waals surface area (Å²) in [5, 5.41) is 7.54. The van der Waals surface area contributed by atoms with E-state index in [2.05, 4.69) is 10.4 Å². The van der Waals surface area contributed by atoms with Crippen molar-refractivity contribution in [2.45, 2.75) is 6.92 Å². The van der Waals surface area contributed by atoms with E-state index >= 15 is 0 Å². The standard InChI is InChI=1S/C21H19N5O2/c1-13-17(21(23)27)12-26-20(13)19(18(22)11-24-26)25-14-7-9-16(10-8-14)28-15-5-3-2-4-6-15/h2-12,25H,22H2,1H3,(H2,23,27). The van der Waals surface area contributed by atoms with Gasteiger partial charge in [-0.1, -0.05) is 18.2 Å². The van der Waals surface area contributed by atoms with Crippen LogP contribution in [0.4, 0.5) is 17.1 Å². The molecule has 0 aliphatic rings. The number of fused-ring (bicyclic) bond motifs is 1. The van der Waals surface area contributed by atoms with Crippen LogP contribution in [0.3, 0.4) is 0 Å². The number of nitrogens with two attached hydrogens (primary N) is 2. The van der Waals surface area contributed by atoms with Crippen LogP contribution in [0, 0.1) is 6.92 Å². The van der Waals surface area contributed by atoms with Gasteiger partial charge in [0.2, 0.25) is 0 Å². The van der Waals surface area contributed by atoms with Crippen molar-refractivity contribution in [3.63, 3.8) is 0 Å². The lowest BCUT2D eigenvalue weighted by molar-refractivity contribution is 0.1000. The average Bonchev–Trinajstić information content (AvgIpc) is 3.03. The first-order chi connectivity index (χ1) is 13.5. The van der Waals surface area contributed by atoms with Gasteiger partial charge in [-0.05, 0) is 48.9 Å². The molecule has 0 radical (unpaired) electrons. The Kier molecular flexibility index (Phi) is 4.33. The highest BCUT2D eigenvalue weighted by atomic mass is 16.5. The van der Waals surface area contributed by atoms with Crippen LogP contribution in [-0.2, 0) is 0 Å². The van der Waals surface area contributed by atoms with Crippen molar-refractivity contribution in [3.8, 4) is 11.5 Å². The normalized spacial score (nSPS) is 10.8. The van der Waals surface area contributed by atoms with Gasteiger partial charge in [0.25, 0.3) is 5.91 Å². The molecule has 140 valence electrons. The second kappa shape index (κ2) is 6.96. The van der Waals surface area contributed by atoms with Gasteiger partial charge >= 0.3 is 0 Å². The number of ether oxygens (including phenoxy) is 1. The van der Waals surface area contributed by atoms with Gasteiger partial charge in [0.05, 0.1) is 28.7 Å². The van der Waals surface area contributed by atoms with E-state index in [4.69, 9.17) is 16.2 Å². The lowest BCUT2D eigenvalue weighted by Crippen LogP contribution is -2.10. The largest absolute Gasteiger partial charge is 0.457 e. The summed E-state index contributed by atoms with van der Waals surface area (Å²) in [5.74, 6) is 0.987. The molecule has 2 aromatic heterocycles. The minimum Gasteiger partial charge on any atom is -0.457 e. The number of anilines is 3. The molecule has 0 atom stereocenters. The van der Waals surface area contributed by atoms with Crippen molar-refractivity contribution in [2.24, 2.45) is 5.73 Å². The molecule has 4 aromatic rings. The summed E-state index contributed by atoms with van der Waals surface area (Å²) >= 11 is 0. The zero-order valence-electron chi connectivity index (χ0n) is 15.2. The molecule has 0 unspecified atom stereocenters. The third kappa shape index (κ3) is 3.21. The molecule has 0 spiro atoms. The number of carbonyl (C=O) groups excluding carboxylic acids is 1. The second-order valence-corrected chi connectivity index (χ2v) is 6.36. The monoisotopic (exact) mass is 373 g/mol. The van der Waals surface area contributed by atoms with Crippen molar-refractivity contribution in [2.75, 3.05) is 11.1 Å². The molecule has 1 amide bonds. The van der Waals surface area contributed by atoms with Crippen LogP contribution in [0.1, 0.15) is 15.9 Å². The summed E-state index contributed by atoms with van der Waals surface area (Å²) in [6.07, 6.45) is 3.14. The van der Waals surface area contributed by atoms with Crippen LogP contribution in [0.5, 0.6) is 11.5 Å². The lowest BCUT2D eigenvalue weighted by atomic mass is 10.1. The predicted octanol–water partition coefficient (Wildman–Crippen LogP) is 3.86. The van der Waals surface area contributed by atoms with E-state index in [1.54, 1.807) is 10.7 Å². The fraction of sp³-hybridized carbons (Fsp3) is 0.0476. The number of benzene rings is 2. The van der Waals surface area contributed by atoms with E-state index in [-0.39, 0.29) is 0 Å². The number of amides is 1. The molecule has 5 N–H and O–H groups in total. The molecule has 2 heterocycles. The van der Waals surface area contributed by atoms with E-state index in [9.17, 15) is 4.79 Å². The van der Waals surface area contributed by atoms with Crippen molar-refractivity contribution < 1.29 is 9.53 Å². The number of nitrogen functional groups attached to an aromatic ring is 1. The smallest absolute Gasteiger partial charge is 0.250 e. The Bertz CT molecular complexity index is 1150. The second-order valence-electron chi connectivity index (χ2n) is 6.36. The highest BCUT2D eigenvalue weighted by Gasteiger charge is 2.17. The molecule has 0 aliphatic heterocycles. The van der Waals surface area contributed by atoms with Gasteiger partial charge in [-0.3, -0.25) is 4.79 Å². The van der Waals surface area contributed by atoms with E-state index in [1.807, 2.05) is 61.5 Å². The third-order valence-corrected chi connectivity index (χ3v) is 4.45. The molecule has 4 rings (SSSR count). The Labute approximate surface area is 161 Å². The van der Waals surface area contributed by atoms with Crippen molar-refractivity contribution in [1.29, 1.82) is 0 Å². The highest BCUT2D eigenvalue weighted by molar-refractivity contribution is 6.00. The quantitative estimate of drug-likeness (QED) is 0.492. The van der Waals surface area contributed by atoms with E-state index < -0.39 is 5.91 Å². The molecular weight excluding hydrogens is 354 g/mol. The number of rotatable bonds is 5. The third-order valence-electron chi connectivity index (χ3n) is 4.45. The summed E-state index contributed by atoms with van der Waals surface area (Å²) < 4.78 is 7.41. The Morgan fingerprint density at radius 2 is 1.75 bits per heavy atom. The zero-order valence-corrected chi connectivity index (χ0v) is 15.2. The van der Waals surface area contributed by atoms with Gasteiger partial charge in [-0.15, -0.1) is 0 Å². The van der Waals surface area contributed by atoms with Gasteiger partial charge in [-0.25, -0.2) is 4.52 Å².